The number of nitro groups is 1. The van der Waals surface area contributed by atoms with E-state index in [0.29, 0.717) is 18.5 Å². The molecule has 0 aliphatic carbocycles. The third-order valence-corrected chi connectivity index (χ3v) is 2.86. The van der Waals surface area contributed by atoms with E-state index < -0.39 is 22.7 Å². The first kappa shape index (κ1) is 16.1. The second-order valence-corrected chi connectivity index (χ2v) is 4.45. The van der Waals surface area contributed by atoms with E-state index in [4.69, 9.17) is 5.11 Å². The van der Waals surface area contributed by atoms with E-state index in [1.807, 2.05) is 6.92 Å². The summed E-state index contributed by atoms with van der Waals surface area (Å²) in [5.41, 5.74) is -0.406. The molecule has 0 bridgehead atoms. The molecule has 7 nitrogen and oxygen atoms in total. The molecule has 0 radical (unpaired) electrons. The van der Waals surface area contributed by atoms with E-state index >= 15 is 0 Å². The first-order chi connectivity index (χ1) is 9.47. The highest BCUT2D eigenvalue weighted by molar-refractivity contribution is 5.94. The molecule has 3 N–H and O–H groups in total. The summed E-state index contributed by atoms with van der Waals surface area (Å²) in [6.07, 6.45) is 0.986. The molecule has 0 aliphatic rings. The number of nitrogens with zero attached hydrogens (tertiary/aromatic N) is 1. The monoisotopic (exact) mass is 282 g/mol. The van der Waals surface area contributed by atoms with Crippen molar-refractivity contribution in [3.8, 4) is 0 Å². The minimum atomic E-state index is -1.33. The lowest BCUT2D eigenvalue weighted by atomic mass is 10.1. The van der Waals surface area contributed by atoms with Gasteiger partial charge in [-0.3, -0.25) is 10.1 Å². The SMILES string of the molecule is CCCC(O)CNCc1cccc([N+](=O)[O-])c1C(=O)O. The molecule has 7 heteroatoms. The lowest BCUT2D eigenvalue weighted by molar-refractivity contribution is -0.385. The number of hydrogen-bond acceptors (Lipinski definition) is 5. The van der Waals surface area contributed by atoms with Crippen LogP contribution in [0.3, 0.4) is 0 Å². The zero-order chi connectivity index (χ0) is 15.1. The zero-order valence-electron chi connectivity index (χ0n) is 11.2. The number of carbonyl (C=O) groups is 1. The molecule has 1 unspecified atom stereocenters. The standard InChI is InChI=1S/C13H18N2O5/c1-2-4-10(16)8-14-7-9-5-3-6-11(15(19)20)12(9)13(17)18/h3,5-6,10,14,16H,2,4,7-8H2,1H3,(H,17,18). The highest BCUT2D eigenvalue weighted by atomic mass is 16.6. The molecular formula is C13H18N2O5. The summed E-state index contributed by atoms with van der Waals surface area (Å²) in [5.74, 6) is -1.33. The predicted octanol–water partition coefficient (Wildman–Crippen LogP) is 1.54. The topological polar surface area (TPSA) is 113 Å². The minimum absolute atomic E-state index is 0.157. The Bertz CT molecular complexity index is 490. The van der Waals surface area contributed by atoms with Crippen LogP contribution < -0.4 is 5.32 Å². The van der Waals surface area contributed by atoms with E-state index in [1.54, 1.807) is 0 Å². The van der Waals surface area contributed by atoms with E-state index in [-0.39, 0.29) is 12.1 Å². The third-order valence-electron chi connectivity index (χ3n) is 2.86. The van der Waals surface area contributed by atoms with Gasteiger partial charge >= 0.3 is 5.97 Å². The van der Waals surface area contributed by atoms with Gasteiger partial charge in [0.1, 0.15) is 5.56 Å². The Labute approximate surface area is 116 Å². The number of benzene rings is 1. The molecule has 0 amide bonds. The molecule has 1 aromatic carbocycles. The van der Waals surface area contributed by atoms with Crippen LogP contribution in [0.2, 0.25) is 0 Å². The molecule has 0 fully saturated rings. The van der Waals surface area contributed by atoms with Crippen LogP contribution in [-0.2, 0) is 6.54 Å². The van der Waals surface area contributed by atoms with Crippen molar-refractivity contribution in [1.82, 2.24) is 5.32 Å². The van der Waals surface area contributed by atoms with Crippen molar-refractivity contribution >= 4 is 11.7 Å². The van der Waals surface area contributed by atoms with Crippen LogP contribution in [0.25, 0.3) is 0 Å². The molecule has 0 aliphatic heterocycles. The number of nitro benzene ring substituents is 1. The van der Waals surface area contributed by atoms with Crippen LogP contribution in [0.15, 0.2) is 18.2 Å². The predicted molar refractivity (Wildman–Crippen MR) is 72.7 cm³/mol. The van der Waals surface area contributed by atoms with Crippen LogP contribution in [0, 0.1) is 10.1 Å². The van der Waals surface area contributed by atoms with Gasteiger partial charge in [0.25, 0.3) is 5.69 Å². The molecule has 1 atom stereocenters. The van der Waals surface area contributed by atoms with Crippen molar-refractivity contribution in [1.29, 1.82) is 0 Å². The van der Waals surface area contributed by atoms with Crippen LogP contribution in [0.5, 0.6) is 0 Å². The molecule has 0 aromatic heterocycles. The largest absolute Gasteiger partial charge is 0.477 e. The summed E-state index contributed by atoms with van der Waals surface area (Å²) in [5, 5.41) is 32.4. The number of hydrogen-bond donors (Lipinski definition) is 3. The first-order valence-electron chi connectivity index (χ1n) is 6.35. The van der Waals surface area contributed by atoms with Crippen molar-refractivity contribution in [2.75, 3.05) is 6.54 Å². The highest BCUT2D eigenvalue weighted by Crippen LogP contribution is 2.22. The molecule has 1 aromatic rings. The summed E-state index contributed by atoms with van der Waals surface area (Å²) >= 11 is 0. The Balaban J connectivity index is 2.82. The Hall–Kier alpha value is -1.99. The molecule has 110 valence electrons. The van der Waals surface area contributed by atoms with Crippen LogP contribution >= 0.6 is 0 Å². The van der Waals surface area contributed by atoms with Gasteiger partial charge in [-0.25, -0.2) is 4.79 Å². The number of aliphatic hydroxyl groups is 1. The summed E-state index contributed by atoms with van der Waals surface area (Å²) in [6.45, 7) is 2.42. The zero-order valence-corrected chi connectivity index (χ0v) is 11.2. The summed E-state index contributed by atoms with van der Waals surface area (Å²) in [4.78, 5) is 21.3. The number of nitrogens with one attached hydrogen (secondary N) is 1. The van der Waals surface area contributed by atoms with E-state index in [2.05, 4.69) is 5.32 Å². The maximum Gasteiger partial charge on any atom is 0.343 e. The van der Waals surface area contributed by atoms with Gasteiger partial charge in [-0.15, -0.1) is 0 Å². The number of carboxylic acid groups (broad SMARTS) is 1. The van der Waals surface area contributed by atoms with Crippen molar-refractivity contribution in [2.45, 2.75) is 32.4 Å². The van der Waals surface area contributed by atoms with Crippen LogP contribution in [0.4, 0.5) is 5.69 Å². The average molecular weight is 282 g/mol. The molecule has 20 heavy (non-hydrogen) atoms. The Morgan fingerprint density at radius 3 is 2.75 bits per heavy atom. The quantitative estimate of drug-likeness (QED) is 0.492. The van der Waals surface area contributed by atoms with Gasteiger partial charge < -0.3 is 15.5 Å². The highest BCUT2D eigenvalue weighted by Gasteiger charge is 2.23. The van der Waals surface area contributed by atoms with E-state index in [0.717, 1.165) is 6.42 Å². The van der Waals surface area contributed by atoms with Gasteiger partial charge in [0.15, 0.2) is 0 Å². The van der Waals surface area contributed by atoms with Gasteiger partial charge in [0.2, 0.25) is 0 Å². The van der Waals surface area contributed by atoms with Gasteiger partial charge in [0.05, 0.1) is 11.0 Å². The van der Waals surface area contributed by atoms with Gasteiger partial charge in [0, 0.05) is 19.2 Å². The minimum Gasteiger partial charge on any atom is -0.477 e. The third kappa shape index (κ3) is 4.29. The number of aromatic carboxylic acids is 1. The average Bonchev–Trinajstić information content (AvgIpc) is 2.38. The van der Waals surface area contributed by atoms with Crippen molar-refractivity contribution in [2.24, 2.45) is 0 Å². The van der Waals surface area contributed by atoms with Gasteiger partial charge in [-0.2, -0.15) is 0 Å². The Morgan fingerprint density at radius 1 is 1.50 bits per heavy atom. The van der Waals surface area contributed by atoms with E-state index in [9.17, 15) is 20.0 Å². The molecule has 0 heterocycles. The summed E-state index contributed by atoms with van der Waals surface area (Å²) in [6, 6.07) is 4.14. The van der Waals surface area contributed by atoms with E-state index in [1.165, 1.54) is 18.2 Å². The van der Waals surface area contributed by atoms with Crippen LogP contribution in [0.1, 0.15) is 35.7 Å². The number of rotatable bonds is 8. The normalized spacial score (nSPS) is 12.1. The Morgan fingerprint density at radius 2 is 2.20 bits per heavy atom. The molecule has 0 saturated carbocycles. The second kappa shape index (κ2) is 7.56. The lowest BCUT2D eigenvalue weighted by Crippen LogP contribution is -2.27. The van der Waals surface area contributed by atoms with Crippen LogP contribution in [-0.4, -0.2) is 33.8 Å². The van der Waals surface area contributed by atoms with Crippen molar-refractivity contribution in [3.05, 3.63) is 39.4 Å². The second-order valence-electron chi connectivity index (χ2n) is 4.45. The number of carboxylic acids is 1. The molecule has 0 spiro atoms. The molecule has 0 saturated heterocycles. The summed E-state index contributed by atoms with van der Waals surface area (Å²) < 4.78 is 0. The molecular weight excluding hydrogens is 264 g/mol. The first-order valence-corrected chi connectivity index (χ1v) is 6.35. The Kier molecular flexibility index (Phi) is 6.08. The lowest BCUT2D eigenvalue weighted by Gasteiger charge is -2.12. The maximum atomic E-state index is 11.2. The fourth-order valence-corrected chi connectivity index (χ4v) is 1.94. The molecule has 1 rings (SSSR count). The van der Waals surface area contributed by atoms with Gasteiger partial charge in [-0.1, -0.05) is 25.5 Å². The fourth-order valence-electron chi connectivity index (χ4n) is 1.94. The van der Waals surface area contributed by atoms with Gasteiger partial charge in [-0.05, 0) is 12.0 Å². The number of aliphatic hydroxyl groups excluding tert-OH is 1. The summed E-state index contributed by atoms with van der Waals surface area (Å²) in [7, 11) is 0. The smallest absolute Gasteiger partial charge is 0.343 e. The van der Waals surface area contributed by atoms with Crippen molar-refractivity contribution < 1.29 is 19.9 Å². The fraction of sp³-hybridized carbons (Fsp3) is 0.462. The van der Waals surface area contributed by atoms with Crippen molar-refractivity contribution in [3.63, 3.8) is 0 Å². The maximum absolute atomic E-state index is 11.2.